The molecule has 2 aromatic rings. The van der Waals surface area contributed by atoms with Gasteiger partial charge in [0.2, 0.25) is 0 Å². The van der Waals surface area contributed by atoms with Crippen molar-refractivity contribution < 1.29 is 14.6 Å². The van der Waals surface area contributed by atoms with Crippen LogP contribution in [0.1, 0.15) is 29.8 Å². The van der Waals surface area contributed by atoms with Crippen LogP contribution in [0.5, 0.6) is 5.75 Å². The molecular formula is C24H34N4O3. The normalized spacial score (nSPS) is 20.0. The number of fused-ring (bicyclic) bond motifs is 1. The van der Waals surface area contributed by atoms with E-state index in [-0.39, 0.29) is 30.6 Å². The van der Waals surface area contributed by atoms with Gasteiger partial charge in [-0.2, -0.15) is 0 Å². The Morgan fingerprint density at radius 3 is 2.58 bits per heavy atom. The topological polar surface area (TPSA) is 69.1 Å². The standard InChI is InChI=1S/C24H34N4O3/c1-17-13-28(18(2)16-29)24(30)21-12-20(26(3)4)6-7-22(21)31-23(17)15-27(5)14-19-8-10-25-11-9-19/h6-12,17-18,23,29H,13-16H2,1-5H3/t17-,18-,23-/m0/s1. The minimum absolute atomic E-state index is 0.0748. The minimum Gasteiger partial charge on any atom is -0.488 e. The van der Waals surface area contributed by atoms with Crippen LogP contribution in [0.15, 0.2) is 42.7 Å². The van der Waals surface area contributed by atoms with E-state index in [0.29, 0.717) is 24.4 Å². The van der Waals surface area contributed by atoms with E-state index in [2.05, 4.69) is 23.9 Å². The van der Waals surface area contributed by atoms with Gasteiger partial charge in [0.05, 0.1) is 18.2 Å². The highest BCUT2D eigenvalue weighted by molar-refractivity contribution is 5.98. The Hall–Kier alpha value is -2.64. The van der Waals surface area contributed by atoms with E-state index in [4.69, 9.17) is 4.74 Å². The first-order valence-corrected chi connectivity index (χ1v) is 10.8. The Morgan fingerprint density at radius 1 is 1.23 bits per heavy atom. The molecular weight excluding hydrogens is 392 g/mol. The molecule has 0 aliphatic carbocycles. The zero-order valence-electron chi connectivity index (χ0n) is 19.2. The number of hydrogen-bond acceptors (Lipinski definition) is 6. The second-order valence-corrected chi connectivity index (χ2v) is 8.75. The van der Waals surface area contributed by atoms with E-state index < -0.39 is 0 Å². The molecule has 0 fully saturated rings. The summed E-state index contributed by atoms with van der Waals surface area (Å²) in [6.07, 6.45) is 3.50. The van der Waals surface area contributed by atoms with Crippen LogP contribution >= 0.6 is 0 Å². The molecule has 31 heavy (non-hydrogen) atoms. The first-order chi connectivity index (χ1) is 14.8. The average molecular weight is 427 g/mol. The fourth-order valence-corrected chi connectivity index (χ4v) is 3.88. The van der Waals surface area contributed by atoms with Crippen LogP contribution in [0.2, 0.25) is 0 Å². The number of carbonyl (C=O) groups excluding carboxylic acids is 1. The number of pyridine rings is 1. The van der Waals surface area contributed by atoms with Crippen molar-refractivity contribution in [3.05, 3.63) is 53.9 Å². The lowest BCUT2D eigenvalue weighted by atomic mass is 9.99. The number of carbonyl (C=O) groups is 1. The third kappa shape index (κ3) is 5.54. The van der Waals surface area contributed by atoms with Gasteiger partial charge in [-0.05, 0) is 49.9 Å². The highest BCUT2D eigenvalue weighted by atomic mass is 16.5. The summed E-state index contributed by atoms with van der Waals surface area (Å²) < 4.78 is 6.44. The predicted octanol–water partition coefficient (Wildman–Crippen LogP) is 2.50. The Balaban J connectivity index is 1.89. The summed E-state index contributed by atoms with van der Waals surface area (Å²) in [7, 11) is 5.97. The molecule has 0 spiro atoms. The zero-order chi connectivity index (χ0) is 22.5. The SMILES string of the molecule is C[C@H]1CN([C@@H](C)CO)C(=O)c2cc(N(C)C)ccc2O[C@H]1CN(C)Cc1ccncc1. The fraction of sp³-hybridized carbons (Fsp3) is 0.500. The molecule has 0 radical (unpaired) electrons. The van der Waals surface area contributed by atoms with Crippen molar-refractivity contribution in [2.24, 2.45) is 5.92 Å². The van der Waals surface area contributed by atoms with Crippen LogP contribution in [-0.2, 0) is 6.54 Å². The molecule has 1 aliphatic rings. The third-order valence-corrected chi connectivity index (χ3v) is 5.86. The number of nitrogens with zero attached hydrogens (tertiary/aromatic N) is 4. The van der Waals surface area contributed by atoms with Crippen molar-refractivity contribution in [3.63, 3.8) is 0 Å². The summed E-state index contributed by atoms with van der Waals surface area (Å²) in [5, 5.41) is 9.77. The number of benzene rings is 1. The van der Waals surface area contributed by atoms with Gasteiger partial charge in [0, 0.05) is 57.7 Å². The number of rotatable bonds is 7. The van der Waals surface area contributed by atoms with Gasteiger partial charge >= 0.3 is 0 Å². The fourth-order valence-electron chi connectivity index (χ4n) is 3.88. The van der Waals surface area contributed by atoms with Gasteiger partial charge < -0.3 is 19.6 Å². The summed E-state index contributed by atoms with van der Waals surface area (Å²) >= 11 is 0. The minimum atomic E-state index is -0.265. The smallest absolute Gasteiger partial charge is 0.258 e. The summed E-state index contributed by atoms with van der Waals surface area (Å²) in [6.45, 7) is 5.95. The lowest BCUT2D eigenvalue weighted by molar-refractivity contribution is 0.0341. The first kappa shape index (κ1) is 23.0. The number of likely N-dealkylation sites (N-methyl/N-ethyl adjacent to an activating group) is 1. The van der Waals surface area contributed by atoms with E-state index >= 15 is 0 Å². The summed E-state index contributed by atoms with van der Waals surface area (Å²) in [5.74, 6) is 0.592. The van der Waals surface area contributed by atoms with E-state index in [9.17, 15) is 9.90 Å². The quantitative estimate of drug-likeness (QED) is 0.734. The Morgan fingerprint density at radius 2 is 1.94 bits per heavy atom. The van der Waals surface area contributed by atoms with Gasteiger partial charge in [0.1, 0.15) is 11.9 Å². The first-order valence-electron chi connectivity index (χ1n) is 10.8. The van der Waals surface area contributed by atoms with Crippen molar-refractivity contribution in [1.82, 2.24) is 14.8 Å². The number of anilines is 1. The number of amides is 1. The van der Waals surface area contributed by atoms with Crippen molar-refractivity contribution in [2.45, 2.75) is 32.5 Å². The molecule has 0 unspecified atom stereocenters. The number of aliphatic hydroxyl groups excluding tert-OH is 1. The molecule has 1 aromatic carbocycles. The monoisotopic (exact) mass is 426 g/mol. The van der Waals surface area contributed by atoms with Crippen LogP contribution in [0.4, 0.5) is 5.69 Å². The van der Waals surface area contributed by atoms with Crippen molar-refractivity contribution >= 4 is 11.6 Å². The van der Waals surface area contributed by atoms with E-state index in [0.717, 1.165) is 12.2 Å². The molecule has 0 saturated heterocycles. The second kappa shape index (κ2) is 10.1. The zero-order valence-corrected chi connectivity index (χ0v) is 19.2. The summed E-state index contributed by atoms with van der Waals surface area (Å²) in [5.41, 5.74) is 2.67. The molecule has 0 bridgehead atoms. The molecule has 1 N–H and O–H groups in total. The van der Waals surface area contributed by atoms with Gasteiger partial charge in [-0.3, -0.25) is 14.7 Å². The van der Waals surface area contributed by atoms with Crippen molar-refractivity contribution in [1.29, 1.82) is 0 Å². The van der Waals surface area contributed by atoms with Gasteiger partial charge in [0.25, 0.3) is 5.91 Å². The number of ether oxygens (including phenoxy) is 1. The molecule has 1 aliphatic heterocycles. The Kier molecular flexibility index (Phi) is 7.51. The predicted molar refractivity (Wildman–Crippen MR) is 123 cm³/mol. The molecule has 2 heterocycles. The average Bonchev–Trinajstić information content (AvgIpc) is 2.75. The Bertz CT molecular complexity index is 874. The highest BCUT2D eigenvalue weighted by Crippen LogP contribution is 2.31. The second-order valence-electron chi connectivity index (χ2n) is 8.75. The number of hydrogen-bond donors (Lipinski definition) is 1. The van der Waals surface area contributed by atoms with Crippen LogP contribution in [0.3, 0.4) is 0 Å². The summed E-state index contributed by atoms with van der Waals surface area (Å²) in [4.78, 5) is 23.4. The van der Waals surface area contributed by atoms with Crippen LogP contribution in [0, 0.1) is 5.92 Å². The van der Waals surface area contributed by atoms with E-state index in [1.54, 1.807) is 17.3 Å². The van der Waals surface area contributed by atoms with Gasteiger partial charge in [0.15, 0.2) is 0 Å². The lowest BCUT2D eigenvalue weighted by Gasteiger charge is -2.38. The van der Waals surface area contributed by atoms with Crippen molar-refractivity contribution in [3.8, 4) is 5.75 Å². The highest BCUT2D eigenvalue weighted by Gasteiger charge is 2.33. The van der Waals surface area contributed by atoms with E-state index in [1.165, 1.54) is 5.56 Å². The molecule has 7 heteroatoms. The van der Waals surface area contributed by atoms with Crippen LogP contribution < -0.4 is 9.64 Å². The maximum Gasteiger partial charge on any atom is 0.258 e. The molecule has 1 amide bonds. The van der Waals surface area contributed by atoms with Crippen LogP contribution in [0.25, 0.3) is 0 Å². The Labute approximate surface area is 185 Å². The molecule has 7 nitrogen and oxygen atoms in total. The summed E-state index contributed by atoms with van der Waals surface area (Å²) in [6, 6.07) is 9.50. The largest absolute Gasteiger partial charge is 0.488 e. The van der Waals surface area contributed by atoms with Crippen LogP contribution in [-0.4, -0.2) is 78.8 Å². The molecule has 3 atom stereocenters. The van der Waals surface area contributed by atoms with Gasteiger partial charge in [-0.25, -0.2) is 0 Å². The van der Waals surface area contributed by atoms with Gasteiger partial charge in [-0.1, -0.05) is 6.92 Å². The number of aromatic nitrogens is 1. The maximum absolute atomic E-state index is 13.4. The molecule has 3 rings (SSSR count). The van der Waals surface area contributed by atoms with Gasteiger partial charge in [-0.15, -0.1) is 0 Å². The molecule has 168 valence electrons. The van der Waals surface area contributed by atoms with Crippen molar-refractivity contribution in [2.75, 3.05) is 45.7 Å². The maximum atomic E-state index is 13.4. The molecule has 1 aromatic heterocycles. The lowest BCUT2D eigenvalue weighted by Crippen LogP contribution is -2.49. The number of aliphatic hydroxyl groups is 1. The van der Waals surface area contributed by atoms with E-state index in [1.807, 2.05) is 56.3 Å². The molecule has 0 saturated carbocycles. The third-order valence-electron chi connectivity index (χ3n) is 5.86.